The molecule has 168 valence electrons. The summed E-state index contributed by atoms with van der Waals surface area (Å²) in [6, 6.07) is 15.2. The van der Waals surface area contributed by atoms with E-state index in [0.717, 1.165) is 24.2 Å². The van der Waals surface area contributed by atoms with Gasteiger partial charge in [-0.05, 0) is 47.7 Å². The van der Waals surface area contributed by atoms with Gasteiger partial charge in [0.25, 0.3) is 0 Å². The highest BCUT2D eigenvalue weighted by Gasteiger charge is 2.42. The molecule has 0 radical (unpaired) electrons. The van der Waals surface area contributed by atoms with Crippen LogP contribution in [0.15, 0.2) is 48.5 Å². The topological polar surface area (TPSA) is 70.2 Å². The minimum atomic E-state index is -0.179. The molecule has 1 saturated heterocycles. The number of benzene rings is 2. The SMILES string of the molecule is CC(C)(C)CC1NCC(c2cccc(Cl)c2)C1C(=O)Nc1cccc(Cl)c1.CNC=O. The Bertz CT molecular complexity index is 883. The monoisotopic (exact) mass is 463 g/mol. The number of hydrogen-bond acceptors (Lipinski definition) is 3. The summed E-state index contributed by atoms with van der Waals surface area (Å²) >= 11 is 12.3. The van der Waals surface area contributed by atoms with Crippen LogP contribution in [-0.2, 0) is 9.59 Å². The van der Waals surface area contributed by atoms with E-state index in [0.29, 0.717) is 16.5 Å². The number of anilines is 1. The maximum Gasteiger partial charge on any atom is 0.229 e. The van der Waals surface area contributed by atoms with E-state index in [1.165, 1.54) is 0 Å². The third-order valence-electron chi connectivity index (χ3n) is 5.09. The largest absolute Gasteiger partial charge is 0.362 e. The number of carbonyl (C=O) groups is 2. The maximum absolute atomic E-state index is 13.3. The number of carbonyl (C=O) groups excluding carboxylic acids is 2. The van der Waals surface area contributed by atoms with Gasteiger partial charge in [0.1, 0.15) is 0 Å². The van der Waals surface area contributed by atoms with Crippen LogP contribution in [0.3, 0.4) is 0 Å². The third-order valence-corrected chi connectivity index (χ3v) is 5.56. The molecule has 0 aromatic heterocycles. The number of nitrogens with one attached hydrogen (secondary N) is 3. The molecular weight excluding hydrogens is 433 g/mol. The quantitative estimate of drug-likeness (QED) is 0.539. The first kappa shape index (κ1) is 25.2. The van der Waals surface area contributed by atoms with Gasteiger partial charge in [0, 0.05) is 41.3 Å². The molecule has 7 heteroatoms. The van der Waals surface area contributed by atoms with Crippen LogP contribution in [0.25, 0.3) is 0 Å². The fourth-order valence-electron chi connectivity index (χ4n) is 3.89. The van der Waals surface area contributed by atoms with E-state index < -0.39 is 0 Å². The van der Waals surface area contributed by atoms with Crippen LogP contribution in [0.4, 0.5) is 5.69 Å². The summed E-state index contributed by atoms with van der Waals surface area (Å²) in [4.78, 5) is 22.3. The van der Waals surface area contributed by atoms with E-state index in [4.69, 9.17) is 28.0 Å². The first-order chi connectivity index (χ1) is 14.6. The standard InChI is InChI=1S/C22H26Cl2N2O.C2H5NO/c1-22(2,3)12-19-20(21(27)26-17-9-5-8-16(24)11-17)18(13-25-19)14-6-4-7-15(23)10-14;1-3-2-4/h4-11,18-20,25H,12-13H2,1-3H3,(H,26,27);2H,1H3,(H,3,4). The number of halogens is 2. The average molecular weight is 464 g/mol. The second-order valence-corrected chi connectivity index (χ2v) is 9.75. The predicted molar refractivity (Wildman–Crippen MR) is 129 cm³/mol. The lowest BCUT2D eigenvalue weighted by Gasteiger charge is -2.29. The van der Waals surface area contributed by atoms with Crippen LogP contribution in [0.5, 0.6) is 0 Å². The third kappa shape index (κ3) is 7.84. The zero-order valence-electron chi connectivity index (χ0n) is 18.4. The molecule has 0 saturated carbocycles. The molecule has 3 unspecified atom stereocenters. The van der Waals surface area contributed by atoms with Crippen molar-refractivity contribution in [3.8, 4) is 0 Å². The lowest BCUT2D eigenvalue weighted by Crippen LogP contribution is -2.38. The minimum Gasteiger partial charge on any atom is -0.362 e. The van der Waals surface area contributed by atoms with Crippen molar-refractivity contribution in [3.63, 3.8) is 0 Å². The summed E-state index contributed by atoms with van der Waals surface area (Å²) < 4.78 is 0. The lowest BCUT2D eigenvalue weighted by atomic mass is 9.78. The predicted octanol–water partition coefficient (Wildman–Crippen LogP) is 5.10. The van der Waals surface area contributed by atoms with Crippen molar-refractivity contribution >= 4 is 41.2 Å². The van der Waals surface area contributed by atoms with E-state index in [9.17, 15) is 4.79 Å². The molecular formula is C24H31Cl2N3O2. The van der Waals surface area contributed by atoms with E-state index in [1.807, 2.05) is 30.3 Å². The van der Waals surface area contributed by atoms with E-state index >= 15 is 0 Å². The van der Waals surface area contributed by atoms with Crippen molar-refractivity contribution in [1.82, 2.24) is 10.6 Å². The average Bonchev–Trinajstić information content (AvgIpc) is 3.10. The van der Waals surface area contributed by atoms with Crippen molar-refractivity contribution in [3.05, 3.63) is 64.1 Å². The van der Waals surface area contributed by atoms with Gasteiger partial charge >= 0.3 is 0 Å². The molecule has 0 aliphatic carbocycles. The summed E-state index contributed by atoms with van der Waals surface area (Å²) in [5.74, 6) is -0.0848. The van der Waals surface area contributed by atoms with Crippen molar-refractivity contribution in [2.45, 2.75) is 39.2 Å². The summed E-state index contributed by atoms with van der Waals surface area (Å²) in [5.41, 5.74) is 1.94. The molecule has 1 aliphatic heterocycles. The summed E-state index contributed by atoms with van der Waals surface area (Å²) in [6.45, 7) is 7.36. The van der Waals surface area contributed by atoms with Crippen LogP contribution < -0.4 is 16.0 Å². The van der Waals surface area contributed by atoms with Crippen molar-refractivity contribution in [2.75, 3.05) is 18.9 Å². The Morgan fingerprint density at radius 3 is 2.29 bits per heavy atom. The van der Waals surface area contributed by atoms with E-state index in [2.05, 4.69) is 42.8 Å². The van der Waals surface area contributed by atoms with Crippen molar-refractivity contribution in [2.24, 2.45) is 11.3 Å². The minimum absolute atomic E-state index is 0.0153. The normalized spacial score (nSPS) is 20.4. The fourth-order valence-corrected chi connectivity index (χ4v) is 4.28. The Morgan fingerprint density at radius 1 is 1.13 bits per heavy atom. The molecule has 0 spiro atoms. The van der Waals surface area contributed by atoms with Crippen LogP contribution in [0.1, 0.15) is 38.7 Å². The van der Waals surface area contributed by atoms with Gasteiger partial charge in [-0.2, -0.15) is 0 Å². The maximum atomic E-state index is 13.3. The summed E-state index contributed by atoms with van der Waals surface area (Å²) in [5, 5.41) is 10.2. The van der Waals surface area contributed by atoms with Gasteiger partial charge in [-0.1, -0.05) is 62.2 Å². The highest BCUT2D eigenvalue weighted by atomic mass is 35.5. The second-order valence-electron chi connectivity index (χ2n) is 8.87. The fraction of sp³-hybridized carbons (Fsp3) is 0.417. The Labute approximate surface area is 194 Å². The molecule has 2 amide bonds. The molecule has 3 rings (SSSR count). The highest BCUT2D eigenvalue weighted by Crippen LogP contribution is 2.38. The van der Waals surface area contributed by atoms with Crippen molar-refractivity contribution < 1.29 is 9.59 Å². The zero-order chi connectivity index (χ0) is 23.0. The Balaban J connectivity index is 0.000000785. The van der Waals surface area contributed by atoms with Gasteiger partial charge in [-0.3, -0.25) is 9.59 Å². The second kappa shape index (κ2) is 11.5. The molecule has 5 nitrogen and oxygen atoms in total. The Hall–Kier alpha value is -2.08. The highest BCUT2D eigenvalue weighted by molar-refractivity contribution is 6.31. The first-order valence-corrected chi connectivity index (χ1v) is 11.1. The van der Waals surface area contributed by atoms with Crippen LogP contribution in [-0.4, -0.2) is 32.0 Å². The number of amides is 2. The Morgan fingerprint density at radius 2 is 1.74 bits per heavy atom. The summed E-state index contributed by atoms with van der Waals surface area (Å²) in [7, 11) is 1.56. The molecule has 3 N–H and O–H groups in total. The van der Waals surface area contributed by atoms with Gasteiger partial charge in [-0.25, -0.2) is 0 Å². The van der Waals surface area contributed by atoms with E-state index in [1.54, 1.807) is 19.2 Å². The molecule has 0 bridgehead atoms. The smallest absolute Gasteiger partial charge is 0.229 e. The molecule has 1 aliphatic rings. The number of rotatable bonds is 5. The summed E-state index contributed by atoms with van der Waals surface area (Å²) in [6.07, 6.45) is 1.54. The lowest BCUT2D eigenvalue weighted by molar-refractivity contribution is -0.120. The van der Waals surface area contributed by atoms with Crippen LogP contribution in [0.2, 0.25) is 10.0 Å². The molecule has 1 fully saturated rings. The number of hydrogen-bond donors (Lipinski definition) is 3. The van der Waals surface area contributed by atoms with Gasteiger partial charge in [0.05, 0.1) is 5.92 Å². The molecule has 2 aromatic rings. The van der Waals surface area contributed by atoms with Crippen molar-refractivity contribution in [1.29, 1.82) is 0 Å². The van der Waals surface area contributed by atoms with Crippen LogP contribution in [0, 0.1) is 11.3 Å². The van der Waals surface area contributed by atoms with Gasteiger partial charge in [-0.15, -0.1) is 0 Å². The van der Waals surface area contributed by atoms with Gasteiger partial charge in [0.15, 0.2) is 0 Å². The van der Waals surface area contributed by atoms with Crippen LogP contribution >= 0.6 is 23.2 Å². The van der Waals surface area contributed by atoms with Gasteiger partial charge < -0.3 is 16.0 Å². The zero-order valence-corrected chi connectivity index (χ0v) is 19.9. The van der Waals surface area contributed by atoms with E-state index in [-0.39, 0.29) is 29.2 Å². The molecule has 1 heterocycles. The molecule has 2 aromatic carbocycles. The molecule has 31 heavy (non-hydrogen) atoms. The molecule has 3 atom stereocenters. The van der Waals surface area contributed by atoms with Gasteiger partial charge in [0.2, 0.25) is 12.3 Å². The Kier molecular flexibility index (Phi) is 9.35. The first-order valence-electron chi connectivity index (χ1n) is 10.3.